The van der Waals surface area contributed by atoms with E-state index in [0.29, 0.717) is 0 Å². The van der Waals surface area contributed by atoms with Gasteiger partial charge in [0.2, 0.25) is 0 Å². The van der Waals surface area contributed by atoms with Crippen LogP contribution in [-0.2, 0) is 0 Å². The average molecular weight is 139 g/mol. The molecule has 0 radical (unpaired) electrons. The summed E-state index contributed by atoms with van der Waals surface area (Å²) in [6, 6.07) is -0.612. The third kappa shape index (κ3) is 1.89. The highest BCUT2D eigenvalue weighted by atomic mass is 16.2. The van der Waals surface area contributed by atoms with Crippen LogP contribution < -0.4 is 11.2 Å². The van der Waals surface area contributed by atoms with E-state index in [1.54, 1.807) is 0 Å². The summed E-state index contributed by atoms with van der Waals surface area (Å²) in [7, 11) is 0. The second kappa shape index (κ2) is 3.00. The predicted molar refractivity (Wildman–Crippen MR) is 38.5 cm³/mol. The number of nitrogens with one attached hydrogen (secondary N) is 1. The topological polar surface area (TPSA) is 67.5 Å². The molecule has 0 bridgehead atoms. The first-order valence-corrected chi connectivity index (χ1v) is 3.05. The Morgan fingerprint density at radius 3 is 2.70 bits per heavy atom. The van der Waals surface area contributed by atoms with Gasteiger partial charge in [-0.1, -0.05) is 12.2 Å². The zero-order chi connectivity index (χ0) is 7.40. The molecule has 0 spiro atoms. The number of nitrogens with two attached hydrogens (primary N) is 1. The summed E-state index contributed by atoms with van der Waals surface area (Å²) in [6.07, 6.45) is 5.64. The van der Waals surface area contributed by atoms with Crippen LogP contribution in [-0.4, -0.2) is 11.7 Å². The second-order valence-corrected chi connectivity index (χ2v) is 2.03. The molecule has 0 saturated heterocycles. The lowest BCUT2D eigenvalue weighted by Crippen LogP contribution is -2.25. The van der Waals surface area contributed by atoms with Crippen LogP contribution in [0, 0.1) is 0 Å². The van der Waals surface area contributed by atoms with Gasteiger partial charge in [0.15, 0.2) is 0 Å². The van der Waals surface area contributed by atoms with Gasteiger partial charge in [-0.15, -0.1) is 0 Å². The molecule has 0 aromatic rings. The summed E-state index contributed by atoms with van der Waals surface area (Å²) in [4.78, 5) is 10.1. The Labute approximate surface area is 58.8 Å². The maximum atomic E-state index is 10.1. The molecule has 10 heavy (non-hydrogen) atoms. The van der Waals surface area contributed by atoms with Crippen LogP contribution in [0.15, 0.2) is 17.3 Å². The van der Waals surface area contributed by atoms with Crippen LogP contribution in [0.3, 0.4) is 0 Å². The molecule has 0 aliphatic heterocycles. The maximum Gasteiger partial charge on any atom is 0.332 e. The van der Waals surface area contributed by atoms with Crippen molar-refractivity contribution in [2.24, 2.45) is 10.8 Å². The van der Waals surface area contributed by atoms with Crippen molar-refractivity contribution < 1.29 is 4.79 Å². The lowest BCUT2D eigenvalue weighted by atomic mass is 10.3. The summed E-state index contributed by atoms with van der Waals surface area (Å²) < 4.78 is 0. The normalized spacial score (nSPS) is 15.4. The van der Waals surface area contributed by atoms with Crippen LogP contribution in [0.5, 0.6) is 0 Å². The minimum Gasteiger partial charge on any atom is -0.350 e. The zero-order valence-electron chi connectivity index (χ0n) is 5.50. The third-order valence-electron chi connectivity index (χ3n) is 1.20. The maximum absolute atomic E-state index is 10.1. The molecule has 1 rings (SSSR count). The third-order valence-corrected chi connectivity index (χ3v) is 1.20. The molecule has 0 saturated carbocycles. The van der Waals surface area contributed by atoms with Crippen molar-refractivity contribution >= 4 is 11.7 Å². The number of hydrazone groups is 1. The summed E-state index contributed by atoms with van der Waals surface area (Å²) >= 11 is 0. The van der Waals surface area contributed by atoms with E-state index in [1.807, 2.05) is 12.2 Å². The minimum absolute atomic E-state index is 0.612. The first kappa shape index (κ1) is 6.80. The smallest absolute Gasteiger partial charge is 0.332 e. The number of amides is 2. The van der Waals surface area contributed by atoms with Gasteiger partial charge in [0.05, 0.1) is 0 Å². The first-order chi connectivity index (χ1) is 4.79. The first-order valence-electron chi connectivity index (χ1n) is 3.05. The van der Waals surface area contributed by atoms with Gasteiger partial charge in [0, 0.05) is 18.6 Å². The molecule has 1 aliphatic carbocycles. The molecule has 54 valence electrons. The van der Waals surface area contributed by atoms with Gasteiger partial charge < -0.3 is 5.73 Å². The Morgan fingerprint density at radius 1 is 1.60 bits per heavy atom. The van der Waals surface area contributed by atoms with Crippen LogP contribution in [0.2, 0.25) is 0 Å². The molecule has 4 nitrogen and oxygen atoms in total. The van der Waals surface area contributed by atoms with Gasteiger partial charge in [0.25, 0.3) is 0 Å². The minimum atomic E-state index is -0.612. The number of urea groups is 1. The monoisotopic (exact) mass is 139 g/mol. The van der Waals surface area contributed by atoms with Crippen molar-refractivity contribution in [3.05, 3.63) is 12.2 Å². The summed E-state index contributed by atoms with van der Waals surface area (Å²) in [5.74, 6) is 0. The fourth-order valence-electron chi connectivity index (χ4n) is 0.748. The number of hydrogen-bond donors (Lipinski definition) is 2. The van der Waals surface area contributed by atoms with Crippen molar-refractivity contribution in [1.82, 2.24) is 5.43 Å². The molecule has 0 unspecified atom stereocenters. The number of carbonyl (C=O) groups is 1. The van der Waals surface area contributed by atoms with Gasteiger partial charge in [-0.25, -0.2) is 10.2 Å². The lowest BCUT2D eigenvalue weighted by Gasteiger charge is -1.94. The summed E-state index contributed by atoms with van der Waals surface area (Å²) in [6.45, 7) is 0. The molecule has 0 aromatic heterocycles. The van der Waals surface area contributed by atoms with Crippen LogP contribution in [0.4, 0.5) is 4.79 Å². The lowest BCUT2D eigenvalue weighted by molar-refractivity contribution is 0.249. The van der Waals surface area contributed by atoms with E-state index >= 15 is 0 Å². The molecule has 0 fully saturated rings. The van der Waals surface area contributed by atoms with Crippen LogP contribution in [0.1, 0.15) is 12.8 Å². The van der Waals surface area contributed by atoms with E-state index in [1.165, 1.54) is 0 Å². The molecule has 4 heteroatoms. The Morgan fingerprint density at radius 2 is 2.20 bits per heavy atom. The van der Waals surface area contributed by atoms with Crippen LogP contribution in [0.25, 0.3) is 0 Å². The highest BCUT2D eigenvalue weighted by molar-refractivity contribution is 5.90. The molecule has 0 heterocycles. The molecule has 3 N–H and O–H groups in total. The highest BCUT2D eigenvalue weighted by Gasteiger charge is 2.00. The molecular formula is C6H9N3O. The van der Waals surface area contributed by atoms with E-state index in [-0.39, 0.29) is 0 Å². The molecule has 1 aliphatic rings. The SMILES string of the molecule is NC(=O)NN=C1CC=CC1. The Kier molecular flexibility index (Phi) is 2.04. The number of primary amides is 1. The van der Waals surface area contributed by atoms with Crippen molar-refractivity contribution in [2.45, 2.75) is 12.8 Å². The van der Waals surface area contributed by atoms with Gasteiger partial charge in [-0.05, 0) is 0 Å². The largest absolute Gasteiger partial charge is 0.350 e. The fraction of sp³-hybridized carbons (Fsp3) is 0.333. The molecule has 2 amide bonds. The number of carbonyl (C=O) groups excluding carboxylic acids is 1. The second-order valence-electron chi connectivity index (χ2n) is 2.03. The van der Waals surface area contributed by atoms with Crippen molar-refractivity contribution in [2.75, 3.05) is 0 Å². The number of rotatable bonds is 1. The fourth-order valence-corrected chi connectivity index (χ4v) is 0.748. The quantitative estimate of drug-likeness (QED) is 0.399. The van der Waals surface area contributed by atoms with Gasteiger partial charge in [-0.3, -0.25) is 0 Å². The number of allylic oxidation sites excluding steroid dienone is 2. The Bertz CT molecular complexity index is 185. The zero-order valence-corrected chi connectivity index (χ0v) is 5.50. The van der Waals surface area contributed by atoms with Gasteiger partial charge in [-0.2, -0.15) is 5.10 Å². The Hall–Kier alpha value is -1.32. The standard InChI is InChI=1S/C6H9N3O/c7-6(10)9-8-5-3-1-2-4-5/h1-2H,3-4H2,(H3,7,9,10). The van der Waals surface area contributed by atoms with Crippen molar-refractivity contribution in [1.29, 1.82) is 0 Å². The van der Waals surface area contributed by atoms with E-state index in [0.717, 1.165) is 18.6 Å². The average Bonchev–Trinajstić information content (AvgIpc) is 2.34. The number of hydrogen-bond acceptors (Lipinski definition) is 2. The van der Waals surface area contributed by atoms with Crippen molar-refractivity contribution in [3.8, 4) is 0 Å². The van der Waals surface area contributed by atoms with Crippen molar-refractivity contribution in [3.63, 3.8) is 0 Å². The van der Waals surface area contributed by atoms with Gasteiger partial charge in [0.1, 0.15) is 0 Å². The van der Waals surface area contributed by atoms with E-state index < -0.39 is 6.03 Å². The highest BCUT2D eigenvalue weighted by Crippen LogP contribution is 2.03. The predicted octanol–water partition coefficient (Wildman–Crippen LogP) is 0.361. The van der Waals surface area contributed by atoms with Gasteiger partial charge >= 0.3 is 6.03 Å². The molecule has 0 aromatic carbocycles. The molecular weight excluding hydrogens is 130 g/mol. The van der Waals surface area contributed by atoms with Crippen LogP contribution >= 0.6 is 0 Å². The van der Waals surface area contributed by atoms with E-state index in [9.17, 15) is 4.79 Å². The summed E-state index contributed by atoms with van der Waals surface area (Å²) in [5.41, 5.74) is 7.91. The molecule has 0 atom stereocenters. The van der Waals surface area contributed by atoms with E-state index in [4.69, 9.17) is 5.73 Å². The Balaban J connectivity index is 2.34. The number of nitrogens with zero attached hydrogens (tertiary/aromatic N) is 1. The van der Waals surface area contributed by atoms with E-state index in [2.05, 4.69) is 10.5 Å². The summed E-state index contributed by atoms with van der Waals surface area (Å²) in [5, 5.41) is 3.75.